The highest BCUT2D eigenvalue weighted by atomic mass is 19.1. The summed E-state index contributed by atoms with van der Waals surface area (Å²) in [5.41, 5.74) is 3.42. The van der Waals surface area contributed by atoms with Gasteiger partial charge >= 0.3 is 0 Å². The average Bonchev–Trinajstić information content (AvgIpc) is 3.28. The zero-order chi connectivity index (χ0) is 17.9. The first-order valence-electron chi connectivity index (χ1n) is 8.54. The molecule has 0 saturated heterocycles. The molecule has 0 spiro atoms. The summed E-state index contributed by atoms with van der Waals surface area (Å²) < 4.78 is 16.9. The van der Waals surface area contributed by atoms with Crippen LogP contribution >= 0.6 is 0 Å². The second kappa shape index (κ2) is 6.95. The predicted molar refractivity (Wildman–Crippen MR) is 98.5 cm³/mol. The molecular weight excluding hydrogens is 331 g/mol. The Labute approximate surface area is 150 Å². The third kappa shape index (κ3) is 3.42. The van der Waals surface area contributed by atoms with E-state index in [9.17, 15) is 4.39 Å². The maximum atomic E-state index is 13.2. The maximum absolute atomic E-state index is 13.2. The molecule has 0 aliphatic carbocycles. The topological polar surface area (TPSA) is 60.0 Å². The first-order valence-corrected chi connectivity index (χ1v) is 8.54. The number of anilines is 1. The molecule has 1 N–H and O–H groups in total. The van der Waals surface area contributed by atoms with Crippen LogP contribution in [0.2, 0.25) is 0 Å². The highest BCUT2D eigenvalue weighted by Gasteiger charge is 2.08. The van der Waals surface area contributed by atoms with Crippen LogP contribution in [0.15, 0.2) is 54.9 Å². The summed E-state index contributed by atoms with van der Waals surface area (Å²) in [6, 6.07) is 12.1. The lowest BCUT2D eigenvalue weighted by molar-refractivity contribution is 0.587. The number of nitrogens with zero attached hydrogens (tertiary/aromatic N) is 5. The quantitative estimate of drug-likeness (QED) is 0.540. The van der Waals surface area contributed by atoms with E-state index in [-0.39, 0.29) is 5.82 Å². The fourth-order valence-corrected chi connectivity index (χ4v) is 2.85. The van der Waals surface area contributed by atoms with Gasteiger partial charge in [-0.1, -0.05) is 0 Å². The molecule has 0 aliphatic heterocycles. The molecule has 26 heavy (non-hydrogen) atoms. The monoisotopic (exact) mass is 350 g/mol. The largest absolute Gasteiger partial charge is 0.370 e. The summed E-state index contributed by atoms with van der Waals surface area (Å²) >= 11 is 0. The Bertz CT molecular complexity index is 1020. The van der Waals surface area contributed by atoms with Gasteiger partial charge in [-0.25, -0.2) is 9.37 Å². The molecule has 0 amide bonds. The van der Waals surface area contributed by atoms with E-state index >= 15 is 0 Å². The molecule has 7 heteroatoms. The van der Waals surface area contributed by atoms with Crippen molar-refractivity contribution in [3.8, 4) is 11.3 Å². The minimum atomic E-state index is -0.258. The molecule has 0 bridgehead atoms. The summed E-state index contributed by atoms with van der Waals surface area (Å²) in [4.78, 5) is 4.60. The lowest BCUT2D eigenvalue weighted by atomic mass is 10.1. The second-order valence-corrected chi connectivity index (χ2v) is 6.14. The summed E-state index contributed by atoms with van der Waals surface area (Å²) in [6.07, 6.45) is 4.63. The van der Waals surface area contributed by atoms with Crippen molar-refractivity contribution in [2.24, 2.45) is 0 Å². The summed E-state index contributed by atoms with van der Waals surface area (Å²) in [6.45, 7) is 3.61. The van der Waals surface area contributed by atoms with E-state index in [1.165, 1.54) is 12.1 Å². The second-order valence-electron chi connectivity index (χ2n) is 6.14. The standard InChI is InChI=1S/C19H19FN6/c1-14-8-12-25(24-14)11-2-9-21-19-13-17(15-3-5-16(20)6-4-15)23-18-7-10-22-26(18)19/h3-8,10,12-13,21H,2,9,11H2,1H3. The van der Waals surface area contributed by atoms with Crippen molar-refractivity contribution < 1.29 is 4.39 Å². The number of nitrogens with one attached hydrogen (secondary N) is 1. The van der Waals surface area contributed by atoms with Crippen LogP contribution in [0.5, 0.6) is 0 Å². The molecular formula is C19H19FN6. The zero-order valence-corrected chi connectivity index (χ0v) is 14.4. The highest BCUT2D eigenvalue weighted by Crippen LogP contribution is 2.22. The number of hydrogen-bond donors (Lipinski definition) is 1. The Balaban J connectivity index is 1.51. The number of rotatable bonds is 6. The van der Waals surface area contributed by atoms with Gasteiger partial charge in [-0.2, -0.15) is 14.7 Å². The normalized spacial score (nSPS) is 11.2. The van der Waals surface area contributed by atoms with Gasteiger partial charge in [0.2, 0.25) is 0 Å². The SMILES string of the molecule is Cc1ccn(CCCNc2cc(-c3ccc(F)cc3)nc3ccnn23)n1. The summed E-state index contributed by atoms with van der Waals surface area (Å²) in [5.74, 6) is 0.599. The lowest BCUT2D eigenvalue weighted by Gasteiger charge is -2.11. The molecule has 6 nitrogen and oxygen atoms in total. The van der Waals surface area contributed by atoms with Crippen molar-refractivity contribution >= 4 is 11.5 Å². The fraction of sp³-hybridized carbons (Fsp3) is 0.211. The molecule has 3 heterocycles. The van der Waals surface area contributed by atoms with E-state index in [0.717, 1.165) is 47.9 Å². The van der Waals surface area contributed by atoms with Crippen LogP contribution in [-0.2, 0) is 6.54 Å². The fourth-order valence-electron chi connectivity index (χ4n) is 2.85. The number of aromatic nitrogens is 5. The van der Waals surface area contributed by atoms with Gasteiger partial charge in [-0.3, -0.25) is 4.68 Å². The molecule has 0 saturated carbocycles. The van der Waals surface area contributed by atoms with Gasteiger partial charge in [0, 0.05) is 37.0 Å². The molecule has 132 valence electrons. The van der Waals surface area contributed by atoms with Gasteiger partial charge in [0.15, 0.2) is 5.65 Å². The molecule has 4 aromatic rings. The van der Waals surface area contributed by atoms with Crippen LogP contribution in [0, 0.1) is 12.7 Å². The number of fused-ring (bicyclic) bond motifs is 1. The van der Waals surface area contributed by atoms with E-state index in [1.807, 2.05) is 36.0 Å². The summed E-state index contributed by atoms with van der Waals surface area (Å²) in [7, 11) is 0. The first-order chi connectivity index (χ1) is 12.7. The van der Waals surface area contributed by atoms with Gasteiger partial charge in [-0.05, 0) is 43.7 Å². The molecule has 3 aromatic heterocycles. The van der Waals surface area contributed by atoms with Crippen LogP contribution in [0.1, 0.15) is 12.1 Å². The number of benzene rings is 1. The number of hydrogen-bond acceptors (Lipinski definition) is 4. The van der Waals surface area contributed by atoms with Crippen LogP contribution in [0.25, 0.3) is 16.9 Å². The van der Waals surface area contributed by atoms with Crippen molar-refractivity contribution in [2.45, 2.75) is 19.9 Å². The minimum Gasteiger partial charge on any atom is -0.370 e. The third-order valence-electron chi connectivity index (χ3n) is 4.14. The number of halogens is 1. The Morgan fingerprint density at radius 1 is 1.12 bits per heavy atom. The van der Waals surface area contributed by atoms with Crippen LogP contribution in [0.3, 0.4) is 0 Å². The van der Waals surface area contributed by atoms with E-state index in [2.05, 4.69) is 20.5 Å². The Morgan fingerprint density at radius 3 is 2.73 bits per heavy atom. The van der Waals surface area contributed by atoms with E-state index in [4.69, 9.17) is 0 Å². The van der Waals surface area contributed by atoms with Crippen LogP contribution in [-0.4, -0.2) is 30.9 Å². The third-order valence-corrected chi connectivity index (χ3v) is 4.14. The van der Waals surface area contributed by atoms with Crippen LogP contribution in [0.4, 0.5) is 10.2 Å². The van der Waals surface area contributed by atoms with Crippen molar-refractivity contribution in [1.82, 2.24) is 24.4 Å². The molecule has 0 fully saturated rings. The zero-order valence-electron chi connectivity index (χ0n) is 14.4. The summed E-state index contributed by atoms with van der Waals surface area (Å²) in [5, 5.41) is 12.1. The van der Waals surface area contributed by atoms with Crippen molar-refractivity contribution in [3.63, 3.8) is 0 Å². The Hall–Kier alpha value is -3.22. The van der Waals surface area contributed by atoms with E-state index < -0.39 is 0 Å². The van der Waals surface area contributed by atoms with Crippen molar-refractivity contribution in [2.75, 3.05) is 11.9 Å². The predicted octanol–water partition coefficient (Wildman–Crippen LogP) is 3.54. The molecule has 1 aromatic carbocycles. The lowest BCUT2D eigenvalue weighted by Crippen LogP contribution is -2.10. The number of aryl methyl sites for hydroxylation is 2. The highest BCUT2D eigenvalue weighted by molar-refractivity contribution is 5.66. The van der Waals surface area contributed by atoms with E-state index in [0.29, 0.717) is 0 Å². The van der Waals surface area contributed by atoms with Gasteiger partial charge < -0.3 is 5.32 Å². The Morgan fingerprint density at radius 2 is 1.96 bits per heavy atom. The first kappa shape index (κ1) is 16.3. The van der Waals surface area contributed by atoms with Crippen molar-refractivity contribution in [1.29, 1.82) is 0 Å². The molecule has 0 aliphatic rings. The molecule has 0 radical (unpaired) electrons. The molecule has 0 unspecified atom stereocenters. The molecule has 4 rings (SSSR count). The van der Waals surface area contributed by atoms with Crippen LogP contribution < -0.4 is 5.32 Å². The van der Waals surface area contributed by atoms with E-state index in [1.54, 1.807) is 22.8 Å². The average molecular weight is 350 g/mol. The Kier molecular flexibility index (Phi) is 4.35. The smallest absolute Gasteiger partial charge is 0.157 e. The van der Waals surface area contributed by atoms with Gasteiger partial charge in [0.25, 0.3) is 0 Å². The van der Waals surface area contributed by atoms with Gasteiger partial charge in [-0.15, -0.1) is 0 Å². The molecule has 0 atom stereocenters. The maximum Gasteiger partial charge on any atom is 0.157 e. The van der Waals surface area contributed by atoms with Crippen molar-refractivity contribution in [3.05, 3.63) is 66.4 Å². The van der Waals surface area contributed by atoms with Gasteiger partial charge in [0.05, 0.1) is 17.6 Å². The minimum absolute atomic E-state index is 0.258. The van der Waals surface area contributed by atoms with Gasteiger partial charge in [0.1, 0.15) is 11.6 Å².